The molecule has 2 amide bonds. The molecule has 1 N–H and O–H groups in total. The van der Waals surface area contributed by atoms with Crippen molar-refractivity contribution in [3.05, 3.63) is 29.8 Å². The van der Waals surface area contributed by atoms with Crippen molar-refractivity contribution < 1.29 is 9.59 Å². The van der Waals surface area contributed by atoms with Crippen molar-refractivity contribution in [2.24, 2.45) is 0 Å². The molecule has 5 nitrogen and oxygen atoms in total. The van der Waals surface area contributed by atoms with Gasteiger partial charge >= 0.3 is 0 Å². The standard InChI is InChI=1S/C18H27N3O2/c1-4-16(20(3)5-2)18(23)19-13-14-8-10-15(11-9-14)21-12-6-7-17(21)22/h8-11,16H,4-7,12-13H2,1-3H3,(H,19,23). The average Bonchev–Trinajstić information content (AvgIpc) is 3.00. The molecule has 5 heteroatoms. The molecule has 1 fully saturated rings. The van der Waals surface area contributed by atoms with Gasteiger partial charge in [-0.3, -0.25) is 14.5 Å². The number of rotatable bonds is 7. The molecule has 1 aliphatic rings. The van der Waals surface area contributed by atoms with Crippen molar-refractivity contribution >= 4 is 17.5 Å². The number of nitrogens with zero attached hydrogens (tertiary/aromatic N) is 2. The fraction of sp³-hybridized carbons (Fsp3) is 0.556. The molecule has 1 atom stereocenters. The fourth-order valence-electron chi connectivity index (χ4n) is 2.94. The summed E-state index contributed by atoms with van der Waals surface area (Å²) >= 11 is 0. The van der Waals surface area contributed by atoms with Crippen molar-refractivity contribution in [1.29, 1.82) is 0 Å². The summed E-state index contributed by atoms with van der Waals surface area (Å²) in [6.07, 6.45) is 2.37. The van der Waals surface area contributed by atoms with Gasteiger partial charge in [-0.1, -0.05) is 26.0 Å². The van der Waals surface area contributed by atoms with Crippen LogP contribution in [0.5, 0.6) is 0 Å². The largest absolute Gasteiger partial charge is 0.351 e. The Balaban J connectivity index is 1.91. The molecule has 1 heterocycles. The molecule has 0 saturated carbocycles. The van der Waals surface area contributed by atoms with Crippen LogP contribution in [0.3, 0.4) is 0 Å². The number of benzene rings is 1. The highest BCUT2D eigenvalue weighted by Crippen LogP contribution is 2.21. The molecule has 23 heavy (non-hydrogen) atoms. The third-order valence-corrected chi connectivity index (χ3v) is 4.51. The zero-order valence-electron chi connectivity index (χ0n) is 14.3. The van der Waals surface area contributed by atoms with E-state index < -0.39 is 0 Å². The minimum Gasteiger partial charge on any atom is -0.351 e. The zero-order chi connectivity index (χ0) is 16.8. The van der Waals surface area contributed by atoms with Crippen LogP contribution in [0.2, 0.25) is 0 Å². The van der Waals surface area contributed by atoms with Gasteiger partial charge < -0.3 is 10.2 Å². The second kappa shape index (κ2) is 8.11. The molecule has 0 spiro atoms. The Bertz CT molecular complexity index is 542. The van der Waals surface area contributed by atoms with Crippen molar-refractivity contribution in [1.82, 2.24) is 10.2 Å². The summed E-state index contributed by atoms with van der Waals surface area (Å²) in [6, 6.07) is 7.79. The van der Waals surface area contributed by atoms with E-state index in [-0.39, 0.29) is 17.9 Å². The zero-order valence-corrected chi connectivity index (χ0v) is 14.3. The van der Waals surface area contributed by atoms with Crippen LogP contribution in [0.15, 0.2) is 24.3 Å². The van der Waals surface area contributed by atoms with Crippen molar-refractivity contribution in [2.45, 2.75) is 45.7 Å². The predicted molar refractivity (Wildman–Crippen MR) is 92.3 cm³/mol. The van der Waals surface area contributed by atoms with E-state index in [1.807, 2.05) is 50.1 Å². The number of hydrogen-bond acceptors (Lipinski definition) is 3. The first kappa shape index (κ1) is 17.5. The Morgan fingerprint density at radius 3 is 2.52 bits per heavy atom. The van der Waals surface area contributed by atoms with Gasteiger partial charge in [0.05, 0.1) is 6.04 Å². The molecule has 0 bridgehead atoms. The van der Waals surface area contributed by atoms with Crippen LogP contribution in [-0.2, 0) is 16.1 Å². The average molecular weight is 317 g/mol. The number of nitrogens with one attached hydrogen (secondary N) is 1. The molecule has 1 aromatic carbocycles. The number of carbonyl (C=O) groups is 2. The van der Waals surface area contributed by atoms with Crippen LogP contribution in [0.25, 0.3) is 0 Å². The minimum absolute atomic E-state index is 0.0654. The first-order valence-corrected chi connectivity index (χ1v) is 8.44. The molecule has 0 aliphatic carbocycles. The highest BCUT2D eigenvalue weighted by molar-refractivity contribution is 5.95. The lowest BCUT2D eigenvalue weighted by molar-refractivity contribution is -0.126. The molecule has 2 rings (SSSR count). The highest BCUT2D eigenvalue weighted by Gasteiger charge is 2.22. The molecule has 1 unspecified atom stereocenters. The smallest absolute Gasteiger partial charge is 0.237 e. The van der Waals surface area contributed by atoms with Gasteiger partial charge in [0.1, 0.15) is 0 Å². The lowest BCUT2D eigenvalue weighted by atomic mass is 10.1. The summed E-state index contributed by atoms with van der Waals surface area (Å²) < 4.78 is 0. The summed E-state index contributed by atoms with van der Waals surface area (Å²) in [4.78, 5) is 27.9. The van der Waals surface area contributed by atoms with Gasteiger partial charge in [0, 0.05) is 25.2 Å². The third kappa shape index (κ3) is 4.32. The predicted octanol–water partition coefficient (Wildman–Crippen LogP) is 2.16. The Labute approximate surface area is 138 Å². The van der Waals surface area contributed by atoms with Crippen molar-refractivity contribution in [3.8, 4) is 0 Å². The fourth-order valence-corrected chi connectivity index (χ4v) is 2.94. The lowest BCUT2D eigenvalue weighted by Crippen LogP contribution is -2.44. The Morgan fingerprint density at radius 1 is 1.30 bits per heavy atom. The monoisotopic (exact) mass is 317 g/mol. The van der Waals surface area contributed by atoms with Crippen LogP contribution in [0.1, 0.15) is 38.7 Å². The van der Waals surface area contributed by atoms with Gasteiger partial charge in [-0.15, -0.1) is 0 Å². The molecule has 1 aromatic rings. The summed E-state index contributed by atoms with van der Waals surface area (Å²) in [5, 5.41) is 3.00. The van der Waals surface area contributed by atoms with Crippen LogP contribution >= 0.6 is 0 Å². The first-order valence-electron chi connectivity index (χ1n) is 8.44. The number of carbonyl (C=O) groups excluding carboxylic acids is 2. The normalized spacial score (nSPS) is 16.0. The minimum atomic E-state index is -0.0819. The highest BCUT2D eigenvalue weighted by atomic mass is 16.2. The third-order valence-electron chi connectivity index (χ3n) is 4.51. The summed E-state index contributed by atoms with van der Waals surface area (Å²) in [7, 11) is 1.97. The lowest BCUT2D eigenvalue weighted by Gasteiger charge is -2.24. The van der Waals surface area contributed by atoms with E-state index in [0.717, 1.165) is 37.2 Å². The van der Waals surface area contributed by atoms with Gasteiger partial charge in [-0.25, -0.2) is 0 Å². The van der Waals surface area contributed by atoms with Crippen LogP contribution in [0.4, 0.5) is 5.69 Å². The van der Waals surface area contributed by atoms with E-state index in [4.69, 9.17) is 0 Å². The molecular weight excluding hydrogens is 290 g/mol. The number of anilines is 1. The maximum Gasteiger partial charge on any atom is 0.237 e. The van der Waals surface area contributed by atoms with E-state index in [0.29, 0.717) is 13.0 Å². The summed E-state index contributed by atoms with van der Waals surface area (Å²) in [5.41, 5.74) is 1.99. The summed E-state index contributed by atoms with van der Waals surface area (Å²) in [6.45, 7) is 6.24. The second-order valence-electron chi connectivity index (χ2n) is 6.03. The Hall–Kier alpha value is -1.88. The quantitative estimate of drug-likeness (QED) is 0.838. The van der Waals surface area contributed by atoms with E-state index in [1.54, 1.807) is 0 Å². The van der Waals surface area contributed by atoms with Gasteiger partial charge in [0.15, 0.2) is 0 Å². The molecule has 0 aromatic heterocycles. The SMILES string of the molecule is CCC(C(=O)NCc1ccc(N2CCCC2=O)cc1)N(C)CC. The number of amides is 2. The van der Waals surface area contributed by atoms with E-state index in [9.17, 15) is 9.59 Å². The maximum atomic E-state index is 12.3. The van der Waals surface area contributed by atoms with E-state index in [2.05, 4.69) is 10.2 Å². The topological polar surface area (TPSA) is 52.7 Å². The second-order valence-corrected chi connectivity index (χ2v) is 6.03. The van der Waals surface area contributed by atoms with Gasteiger partial charge in [-0.05, 0) is 44.1 Å². The molecule has 1 aliphatic heterocycles. The molecule has 1 saturated heterocycles. The van der Waals surface area contributed by atoms with E-state index in [1.165, 1.54) is 0 Å². The maximum absolute atomic E-state index is 12.3. The van der Waals surface area contributed by atoms with Gasteiger partial charge in [0.25, 0.3) is 0 Å². The van der Waals surface area contributed by atoms with Crippen LogP contribution < -0.4 is 10.2 Å². The Kier molecular flexibility index (Phi) is 6.16. The van der Waals surface area contributed by atoms with Gasteiger partial charge in [-0.2, -0.15) is 0 Å². The van der Waals surface area contributed by atoms with Crippen LogP contribution in [-0.4, -0.2) is 42.9 Å². The Morgan fingerprint density at radius 2 is 2.00 bits per heavy atom. The van der Waals surface area contributed by atoms with Crippen molar-refractivity contribution in [3.63, 3.8) is 0 Å². The molecular formula is C18H27N3O2. The van der Waals surface area contributed by atoms with E-state index >= 15 is 0 Å². The number of likely N-dealkylation sites (N-methyl/N-ethyl adjacent to an activating group) is 1. The summed E-state index contributed by atoms with van der Waals surface area (Å²) in [5.74, 6) is 0.259. The van der Waals surface area contributed by atoms with Crippen LogP contribution in [0, 0.1) is 0 Å². The van der Waals surface area contributed by atoms with Gasteiger partial charge in [0.2, 0.25) is 11.8 Å². The number of hydrogen-bond donors (Lipinski definition) is 1. The molecule has 0 radical (unpaired) electrons. The molecule has 126 valence electrons. The van der Waals surface area contributed by atoms with Crippen molar-refractivity contribution in [2.75, 3.05) is 25.0 Å². The first-order chi connectivity index (χ1) is 11.1.